The van der Waals surface area contributed by atoms with Gasteiger partial charge >= 0.3 is 0 Å². The Morgan fingerprint density at radius 1 is 1.17 bits per heavy atom. The molecular formula is C18H19NO4. The molecule has 0 saturated carbocycles. The van der Waals surface area contributed by atoms with Crippen molar-refractivity contribution in [3.05, 3.63) is 48.0 Å². The Balaban J connectivity index is 1.67. The number of benzene rings is 2. The lowest BCUT2D eigenvalue weighted by Crippen LogP contribution is -2.15. The van der Waals surface area contributed by atoms with Crippen LogP contribution >= 0.6 is 0 Å². The lowest BCUT2D eigenvalue weighted by Gasteiger charge is -2.11. The van der Waals surface area contributed by atoms with Gasteiger partial charge in [0, 0.05) is 18.2 Å². The average molecular weight is 313 g/mol. The third-order valence-electron chi connectivity index (χ3n) is 3.61. The molecule has 2 aromatic carbocycles. The summed E-state index contributed by atoms with van der Waals surface area (Å²) in [5, 5.41) is 9.83. The van der Waals surface area contributed by atoms with Gasteiger partial charge in [0.25, 0.3) is 0 Å². The first kappa shape index (κ1) is 15.4. The maximum atomic E-state index is 9.83. The van der Waals surface area contributed by atoms with Crippen molar-refractivity contribution in [2.24, 2.45) is 4.99 Å². The predicted molar refractivity (Wildman–Crippen MR) is 88.2 cm³/mol. The van der Waals surface area contributed by atoms with Gasteiger partial charge in [-0.2, -0.15) is 0 Å². The lowest BCUT2D eigenvalue weighted by molar-refractivity contribution is 0.141. The Hall–Kier alpha value is -2.53. The number of aliphatic imine (C=N–C) groups is 1. The third kappa shape index (κ3) is 4.02. The van der Waals surface area contributed by atoms with Crippen LogP contribution in [-0.4, -0.2) is 37.7 Å². The molecule has 5 nitrogen and oxygen atoms in total. The predicted octanol–water partition coefficient (Wildman–Crippen LogP) is 3.32. The van der Waals surface area contributed by atoms with E-state index in [9.17, 15) is 5.11 Å². The molecule has 1 fully saturated rings. The van der Waals surface area contributed by atoms with Crippen LogP contribution in [0.2, 0.25) is 0 Å². The van der Waals surface area contributed by atoms with E-state index >= 15 is 0 Å². The number of ether oxygens (including phenoxy) is 3. The standard InChI is InChI=1S/C18H19NO4/c1-21-16-6-7-18(20)13(10-16)11-19-14-2-4-15(5-3-14)23-17-8-9-22-12-17/h2-7,10-11,17,20H,8-9,12H2,1H3. The van der Waals surface area contributed by atoms with Gasteiger partial charge in [-0.1, -0.05) is 0 Å². The third-order valence-corrected chi connectivity index (χ3v) is 3.61. The van der Waals surface area contributed by atoms with Crippen LogP contribution in [0.15, 0.2) is 47.5 Å². The number of methoxy groups -OCH3 is 1. The second-order valence-electron chi connectivity index (χ2n) is 5.28. The van der Waals surface area contributed by atoms with E-state index in [1.807, 2.05) is 24.3 Å². The molecule has 1 heterocycles. The molecule has 1 atom stereocenters. The van der Waals surface area contributed by atoms with Crippen molar-refractivity contribution in [1.29, 1.82) is 0 Å². The highest BCUT2D eigenvalue weighted by Crippen LogP contribution is 2.24. The molecule has 3 rings (SSSR count). The molecule has 1 aliphatic heterocycles. The summed E-state index contributed by atoms with van der Waals surface area (Å²) in [7, 11) is 1.58. The summed E-state index contributed by atoms with van der Waals surface area (Å²) >= 11 is 0. The van der Waals surface area contributed by atoms with Gasteiger partial charge in [-0.05, 0) is 42.5 Å². The van der Waals surface area contributed by atoms with E-state index < -0.39 is 0 Å². The van der Waals surface area contributed by atoms with E-state index in [1.165, 1.54) is 0 Å². The van der Waals surface area contributed by atoms with Gasteiger partial charge in [0.2, 0.25) is 0 Å². The summed E-state index contributed by atoms with van der Waals surface area (Å²) in [6.45, 7) is 1.41. The number of nitrogens with zero attached hydrogens (tertiary/aromatic N) is 1. The molecule has 23 heavy (non-hydrogen) atoms. The van der Waals surface area contributed by atoms with E-state index in [2.05, 4.69) is 4.99 Å². The fraction of sp³-hybridized carbons (Fsp3) is 0.278. The first-order valence-electron chi connectivity index (χ1n) is 7.50. The molecule has 0 aliphatic carbocycles. The Kier molecular flexibility index (Phi) is 4.78. The van der Waals surface area contributed by atoms with E-state index in [1.54, 1.807) is 31.5 Å². The molecule has 0 bridgehead atoms. The summed E-state index contributed by atoms with van der Waals surface area (Å²) in [6.07, 6.45) is 2.67. The molecule has 120 valence electrons. The van der Waals surface area contributed by atoms with Crippen molar-refractivity contribution in [3.8, 4) is 17.2 Å². The molecule has 2 aromatic rings. The molecule has 1 unspecified atom stereocenters. The van der Waals surface area contributed by atoms with Crippen molar-refractivity contribution >= 4 is 11.9 Å². The molecule has 1 N–H and O–H groups in total. The van der Waals surface area contributed by atoms with Crippen molar-refractivity contribution in [2.75, 3.05) is 20.3 Å². The molecule has 0 spiro atoms. The first-order valence-corrected chi connectivity index (χ1v) is 7.50. The van der Waals surface area contributed by atoms with Crippen LogP contribution in [0.1, 0.15) is 12.0 Å². The van der Waals surface area contributed by atoms with Crippen LogP contribution in [-0.2, 0) is 4.74 Å². The van der Waals surface area contributed by atoms with Gasteiger partial charge < -0.3 is 19.3 Å². The molecule has 0 amide bonds. The second-order valence-corrected chi connectivity index (χ2v) is 5.28. The van der Waals surface area contributed by atoms with Crippen molar-refractivity contribution in [2.45, 2.75) is 12.5 Å². The van der Waals surface area contributed by atoms with Gasteiger partial charge in [0.15, 0.2) is 0 Å². The van der Waals surface area contributed by atoms with Crippen LogP contribution in [0, 0.1) is 0 Å². The van der Waals surface area contributed by atoms with Crippen molar-refractivity contribution in [3.63, 3.8) is 0 Å². The monoisotopic (exact) mass is 313 g/mol. The van der Waals surface area contributed by atoms with E-state index in [0.29, 0.717) is 17.9 Å². The Labute approximate surface area is 135 Å². The molecule has 1 saturated heterocycles. The fourth-order valence-electron chi connectivity index (χ4n) is 2.32. The van der Waals surface area contributed by atoms with Crippen molar-refractivity contribution < 1.29 is 19.3 Å². The summed E-state index contributed by atoms with van der Waals surface area (Å²) < 4.78 is 16.2. The van der Waals surface area contributed by atoms with Crippen LogP contribution in [0.4, 0.5) is 5.69 Å². The van der Waals surface area contributed by atoms with Crippen LogP contribution in [0.25, 0.3) is 0 Å². The SMILES string of the molecule is COc1ccc(O)c(C=Nc2ccc(OC3CCOC3)cc2)c1. The Bertz CT molecular complexity index is 676. The lowest BCUT2D eigenvalue weighted by atomic mass is 10.2. The minimum atomic E-state index is 0.137. The second kappa shape index (κ2) is 7.15. The average Bonchev–Trinajstić information content (AvgIpc) is 3.08. The Morgan fingerprint density at radius 2 is 1.96 bits per heavy atom. The van der Waals surface area contributed by atoms with Crippen molar-refractivity contribution in [1.82, 2.24) is 0 Å². The molecule has 0 aromatic heterocycles. The summed E-state index contributed by atoms with van der Waals surface area (Å²) in [5.74, 6) is 1.64. The number of hydrogen-bond acceptors (Lipinski definition) is 5. The van der Waals surface area contributed by atoms with E-state index in [0.717, 1.165) is 24.5 Å². The number of phenolic OH excluding ortho intramolecular Hbond substituents is 1. The molecule has 1 aliphatic rings. The largest absolute Gasteiger partial charge is 0.507 e. The fourth-order valence-corrected chi connectivity index (χ4v) is 2.32. The highest BCUT2D eigenvalue weighted by atomic mass is 16.5. The molecular weight excluding hydrogens is 294 g/mol. The number of hydrogen-bond donors (Lipinski definition) is 1. The van der Waals surface area contributed by atoms with Gasteiger partial charge in [-0.15, -0.1) is 0 Å². The zero-order chi connectivity index (χ0) is 16.1. The van der Waals surface area contributed by atoms with Gasteiger partial charge in [-0.3, -0.25) is 4.99 Å². The number of phenols is 1. The van der Waals surface area contributed by atoms with E-state index in [-0.39, 0.29) is 11.9 Å². The van der Waals surface area contributed by atoms with Crippen LogP contribution in [0.5, 0.6) is 17.2 Å². The minimum absolute atomic E-state index is 0.137. The zero-order valence-corrected chi connectivity index (χ0v) is 12.9. The topological polar surface area (TPSA) is 60.3 Å². The number of aromatic hydroxyl groups is 1. The summed E-state index contributed by atoms with van der Waals surface area (Å²) in [5.41, 5.74) is 1.38. The van der Waals surface area contributed by atoms with Gasteiger partial charge in [0.05, 0.1) is 26.0 Å². The Morgan fingerprint density at radius 3 is 2.65 bits per heavy atom. The first-order chi connectivity index (χ1) is 11.2. The maximum absolute atomic E-state index is 9.83. The van der Waals surface area contributed by atoms with Crippen LogP contribution in [0.3, 0.4) is 0 Å². The highest BCUT2D eigenvalue weighted by molar-refractivity contribution is 5.85. The number of rotatable bonds is 5. The summed E-state index contributed by atoms with van der Waals surface area (Å²) in [6, 6.07) is 12.5. The summed E-state index contributed by atoms with van der Waals surface area (Å²) in [4.78, 5) is 4.36. The normalized spacial score (nSPS) is 17.5. The van der Waals surface area contributed by atoms with Gasteiger partial charge in [-0.25, -0.2) is 0 Å². The highest BCUT2D eigenvalue weighted by Gasteiger charge is 2.16. The molecule has 0 radical (unpaired) electrons. The zero-order valence-electron chi connectivity index (χ0n) is 12.9. The van der Waals surface area contributed by atoms with Crippen LogP contribution < -0.4 is 9.47 Å². The minimum Gasteiger partial charge on any atom is -0.507 e. The quantitative estimate of drug-likeness (QED) is 0.860. The molecule has 5 heteroatoms. The van der Waals surface area contributed by atoms with Gasteiger partial charge in [0.1, 0.15) is 23.4 Å². The van der Waals surface area contributed by atoms with E-state index in [4.69, 9.17) is 14.2 Å². The smallest absolute Gasteiger partial charge is 0.124 e. The maximum Gasteiger partial charge on any atom is 0.124 e.